The van der Waals surface area contributed by atoms with Crippen LogP contribution >= 0.6 is 0 Å². The van der Waals surface area contributed by atoms with Crippen LogP contribution in [-0.2, 0) is 4.74 Å². The largest absolute Gasteiger partial charge is 0.396 e. The van der Waals surface area contributed by atoms with Crippen LogP contribution in [0.2, 0.25) is 0 Å². The number of methoxy groups -OCH3 is 1. The topological polar surface area (TPSA) is 41.5 Å². The Kier molecular flexibility index (Phi) is 7.14. The predicted molar refractivity (Wildman–Crippen MR) is 64.1 cm³/mol. The number of nitrogens with one attached hydrogen (secondary N) is 1. The highest BCUT2D eigenvalue weighted by molar-refractivity contribution is 4.77. The minimum Gasteiger partial charge on any atom is -0.396 e. The van der Waals surface area contributed by atoms with Gasteiger partial charge in [-0.3, -0.25) is 0 Å². The van der Waals surface area contributed by atoms with Crippen molar-refractivity contribution in [3.8, 4) is 0 Å². The fourth-order valence-electron chi connectivity index (χ4n) is 1.85. The van der Waals surface area contributed by atoms with Crippen LogP contribution in [0.1, 0.15) is 47.0 Å². The summed E-state index contributed by atoms with van der Waals surface area (Å²) in [6.07, 6.45) is 2.88. The third kappa shape index (κ3) is 7.77. The Morgan fingerprint density at radius 2 is 1.87 bits per heavy atom. The molecule has 92 valence electrons. The van der Waals surface area contributed by atoms with Crippen molar-refractivity contribution in [1.82, 2.24) is 5.32 Å². The number of hydrogen-bond acceptors (Lipinski definition) is 3. The van der Waals surface area contributed by atoms with E-state index < -0.39 is 0 Å². The molecule has 2 atom stereocenters. The third-order valence-corrected chi connectivity index (χ3v) is 2.71. The average molecular weight is 217 g/mol. The first kappa shape index (κ1) is 14.9. The van der Waals surface area contributed by atoms with Crippen LogP contribution in [0, 0.1) is 0 Å². The van der Waals surface area contributed by atoms with Crippen LogP contribution in [0.4, 0.5) is 0 Å². The molecule has 2 N–H and O–H groups in total. The van der Waals surface area contributed by atoms with Crippen LogP contribution < -0.4 is 5.32 Å². The molecule has 0 spiro atoms. The molecular formula is C12H27NO2. The molecule has 0 saturated carbocycles. The first-order valence-electron chi connectivity index (χ1n) is 5.83. The van der Waals surface area contributed by atoms with Gasteiger partial charge in [0, 0.05) is 25.8 Å². The van der Waals surface area contributed by atoms with E-state index in [4.69, 9.17) is 9.84 Å². The maximum atomic E-state index is 8.73. The molecule has 0 bridgehead atoms. The Morgan fingerprint density at radius 3 is 2.33 bits per heavy atom. The van der Waals surface area contributed by atoms with Gasteiger partial charge in [-0.25, -0.2) is 0 Å². The Morgan fingerprint density at radius 1 is 1.27 bits per heavy atom. The SMILES string of the molecule is COC(C)(C)C[C@@H](C)N[C@H](C)CCCO. The Labute approximate surface area is 94.2 Å². The van der Waals surface area contributed by atoms with Crippen molar-refractivity contribution in [2.24, 2.45) is 0 Å². The van der Waals surface area contributed by atoms with Gasteiger partial charge in [0.05, 0.1) is 5.60 Å². The normalized spacial score (nSPS) is 16.4. The molecule has 0 aromatic carbocycles. The van der Waals surface area contributed by atoms with Gasteiger partial charge in [0.15, 0.2) is 0 Å². The molecule has 0 aliphatic carbocycles. The molecule has 3 heteroatoms. The molecule has 0 aromatic rings. The summed E-state index contributed by atoms with van der Waals surface area (Å²) in [4.78, 5) is 0. The summed E-state index contributed by atoms with van der Waals surface area (Å²) in [6, 6.07) is 0.897. The summed E-state index contributed by atoms with van der Waals surface area (Å²) in [6.45, 7) is 8.82. The van der Waals surface area contributed by atoms with Gasteiger partial charge in [-0.15, -0.1) is 0 Å². The van der Waals surface area contributed by atoms with Crippen molar-refractivity contribution < 1.29 is 9.84 Å². The lowest BCUT2D eigenvalue weighted by molar-refractivity contribution is 0.00772. The molecule has 0 aliphatic rings. The van der Waals surface area contributed by atoms with Gasteiger partial charge < -0.3 is 15.2 Å². The second kappa shape index (κ2) is 7.20. The van der Waals surface area contributed by atoms with Gasteiger partial charge >= 0.3 is 0 Å². The van der Waals surface area contributed by atoms with E-state index in [1.54, 1.807) is 7.11 Å². The quantitative estimate of drug-likeness (QED) is 0.653. The lowest BCUT2D eigenvalue weighted by Crippen LogP contribution is -2.40. The molecule has 0 saturated heterocycles. The molecule has 3 nitrogen and oxygen atoms in total. The second-order valence-electron chi connectivity index (χ2n) is 5.00. The van der Waals surface area contributed by atoms with E-state index >= 15 is 0 Å². The summed E-state index contributed by atoms with van der Waals surface area (Å²) in [5.41, 5.74) is -0.0664. The summed E-state index contributed by atoms with van der Waals surface area (Å²) < 4.78 is 5.39. The zero-order valence-corrected chi connectivity index (χ0v) is 10.8. The van der Waals surface area contributed by atoms with Crippen LogP contribution in [0.25, 0.3) is 0 Å². The maximum Gasteiger partial charge on any atom is 0.0637 e. The summed E-state index contributed by atoms with van der Waals surface area (Å²) in [5.74, 6) is 0. The molecule has 0 aliphatic heterocycles. The highest BCUT2D eigenvalue weighted by atomic mass is 16.5. The van der Waals surface area contributed by atoms with Crippen molar-refractivity contribution in [3.05, 3.63) is 0 Å². The van der Waals surface area contributed by atoms with E-state index in [-0.39, 0.29) is 12.2 Å². The number of aliphatic hydroxyl groups excluding tert-OH is 1. The predicted octanol–water partition coefficient (Wildman–Crippen LogP) is 1.94. The van der Waals surface area contributed by atoms with Crippen molar-refractivity contribution in [2.45, 2.75) is 64.6 Å². The van der Waals surface area contributed by atoms with Crippen LogP contribution in [0.15, 0.2) is 0 Å². The smallest absolute Gasteiger partial charge is 0.0637 e. The van der Waals surface area contributed by atoms with Crippen molar-refractivity contribution in [1.29, 1.82) is 0 Å². The zero-order valence-electron chi connectivity index (χ0n) is 10.8. The van der Waals surface area contributed by atoms with Gasteiger partial charge in [-0.2, -0.15) is 0 Å². The molecular weight excluding hydrogens is 190 g/mol. The molecule has 0 radical (unpaired) electrons. The monoisotopic (exact) mass is 217 g/mol. The summed E-state index contributed by atoms with van der Waals surface area (Å²) >= 11 is 0. The van der Waals surface area contributed by atoms with Gasteiger partial charge in [-0.05, 0) is 47.0 Å². The number of ether oxygens (including phenoxy) is 1. The maximum absolute atomic E-state index is 8.73. The van der Waals surface area contributed by atoms with E-state index in [1.807, 2.05) is 0 Å². The Bertz CT molecular complexity index is 160. The zero-order chi connectivity index (χ0) is 11.9. The van der Waals surface area contributed by atoms with E-state index in [2.05, 4.69) is 33.0 Å². The first-order valence-corrected chi connectivity index (χ1v) is 5.83. The van der Waals surface area contributed by atoms with Gasteiger partial charge in [0.25, 0.3) is 0 Å². The molecule has 0 fully saturated rings. The fraction of sp³-hybridized carbons (Fsp3) is 1.00. The molecule has 0 aromatic heterocycles. The van der Waals surface area contributed by atoms with E-state index in [9.17, 15) is 0 Å². The molecule has 0 amide bonds. The number of rotatable bonds is 8. The van der Waals surface area contributed by atoms with Gasteiger partial charge in [-0.1, -0.05) is 0 Å². The molecule has 0 heterocycles. The highest BCUT2D eigenvalue weighted by Gasteiger charge is 2.20. The molecule has 0 rings (SSSR count). The van der Waals surface area contributed by atoms with Crippen molar-refractivity contribution >= 4 is 0 Å². The van der Waals surface area contributed by atoms with Crippen molar-refractivity contribution in [3.63, 3.8) is 0 Å². The lowest BCUT2D eigenvalue weighted by atomic mass is 9.99. The van der Waals surface area contributed by atoms with Gasteiger partial charge in [0.2, 0.25) is 0 Å². The molecule has 15 heavy (non-hydrogen) atoms. The summed E-state index contributed by atoms with van der Waals surface area (Å²) in [5, 5.41) is 12.2. The lowest BCUT2D eigenvalue weighted by Gasteiger charge is -2.29. The van der Waals surface area contributed by atoms with Crippen molar-refractivity contribution in [2.75, 3.05) is 13.7 Å². The standard InChI is InChI=1S/C12H27NO2/c1-10(7-6-8-14)13-11(2)9-12(3,4)15-5/h10-11,13-14H,6-9H2,1-5H3/t10-,11-/m1/s1. The molecule has 0 unspecified atom stereocenters. The summed E-state index contributed by atoms with van der Waals surface area (Å²) in [7, 11) is 1.75. The van der Waals surface area contributed by atoms with E-state index in [0.29, 0.717) is 12.1 Å². The van der Waals surface area contributed by atoms with Crippen LogP contribution in [-0.4, -0.2) is 36.5 Å². The van der Waals surface area contributed by atoms with E-state index in [0.717, 1.165) is 19.3 Å². The average Bonchev–Trinajstić information content (AvgIpc) is 2.13. The van der Waals surface area contributed by atoms with Crippen LogP contribution in [0.5, 0.6) is 0 Å². The minimum atomic E-state index is -0.0664. The number of aliphatic hydroxyl groups is 1. The third-order valence-electron chi connectivity index (χ3n) is 2.71. The highest BCUT2D eigenvalue weighted by Crippen LogP contribution is 2.15. The van der Waals surface area contributed by atoms with Gasteiger partial charge in [0.1, 0.15) is 0 Å². The van der Waals surface area contributed by atoms with E-state index in [1.165, 1.54) is 0 Å². The Hall–Kier alpha value is -0.120. The first-order chi connectivity index (χ1) is 6.91. The minimum absolute atomic E-state index is 0.0664. The number of hydrogen-bond donors (Lipinski definition) is 2. The Balaban J connectivity index is 3.77. The van der Waals surface area contributed by atoms with Crippen LogP contribution in [0.3, 0.4) is 0 Å². The second-order valence-corrected chi connectivity index (χ2v) is 5.00. The fourth-order valence-corrected chi connectivity index (χ4v) is 1.85.